The lowest BCUT2D eigenvalue weighted by Crippen LogP contribution is -2.13. The van der Waals surface area contributed by atoms with Crippen molar-refractivity contribution in [1.29, 1.82) is 0 Å². The third kappa shape index (κ3) is 7.37. The van der Waals surface area contributed by atoms with Crippen molar-refractivity contribution >= 4 is 5.82 Å². The molecule has 0 radical (unpaired) electrons. The van der Waals surface area contributed by atoms with Gasteiger partial charge in [0.15, 0.2) is 0 Å². The van der Waals surface area contributed by atoms with Gasteiger partial charge in [0.05, 0.1) is 46.2 Å². The molecule has 1 aromatic rings. The third-order valence-corrected chi connectivity index (χ3v) is 2.46. The number of nitrogens with two attached hydrogens (primary N) is 1. The van der Waals surface area contributed by atoms with E-state index in [0.717, 1.165) is 5.56 Å². The zero-order valence-corrected chi connectivity index (χ0v) is 11.8. The van der Waals surface area contributed by atoms with Crippen molar-refractivity contribution in [2.24, 2.45) is 5.84 Å². The minimum atomic E-state index is 0.446. The lowest BCUT2D eigenvalue weighted by molar-refractivity contribution is 0.000906. The van der Waals surface area contributed by atoms with Gasteiger partial charge in [0.25, 0.3) is 0 Å². The second-order valence-corrected chi connectivity index (χ2v) is 3.93. The topological polar surface area (TPSA) is 87.9 Å². The highest BCUT2D eigenvalue weighted by Crippen LogP contribution is 2.10. The highest BCUT2D eigenvalue weighted by molar-refractivity contribution is 5.41. The molecule has 0 saturated heterocycles. The Morgan fingerprint density at radius 3 is 2.35 bits per heavy atom. The van der Waals surface area contributed by atoms with E-state index in [1.54, 1.807) is 13.3 Å². The first-order chi connectivity index (χ1) is 9.88. The number of anilines is 1. The lowest BCUT2D eigenvalue weighted by Gasteiger charge is -2.09. The van der Waals surface area contributed by atoms with Gasteiger partial charge >= 0.3 is 0 Å². The number of ether oxygens (including phenoxy) is 4. The van der Waals surface area contributed by atoms with Crippen molar-refractivity contribution in [3.05, 3.63) is 23.9 Å². The molecule has 20 heavy (non-hydrogen) atoms. The Morgan fingerprint density at radius 2 is 1.70 bits per heavy atom. The summed E-state index contributed by atoms with van der Waals surface area (Å²) in [5, 5.41) is 0. The summed E-state index contributed by atoms with van der Waals surface area (Å²) in [7, 11) is 1.64. The standard InChI is InChI=1S/C13H23N3O4/c1-17-5-6-18-7-8-19-9-10-20-11-12-3-2-4-15-13(12)16-14/h2-4H,5-11,14H2,1H3,(H,15,16). The van der Waals surface area contributed by atoms with E-state index in [1.807, 2.05) is 12.1 Å². The predicted octanol–water partition coefficient (Wildman–Crippen LogP) is 0.563. The number of nitrogens with one attached hydrogen (secondary N) is 1. The normalized spacial score (nSPS) is 10.7. The Kier molecular flexibility index (Phi) is 9.72. The molecule has 0 atom stereocenters. The summed E-state index contributed by atoms with van der Waals surface area (Å²) in [6.45, 7) is 3.79. The Bertz CT molecular complexity index is 352. The van der Waals surface area contributed by atoms with Gasteiger partial charge in [-0.15, -0.1) is 0 Å². The Morgan fingerprint density at radius 1 is 1.05 bits per heavy atom. The molecule has 7 heteroatoms. The van der Waals surface area contributed by atoms with Crippen molar-refractivity contribution in [3.8, 4) is 0 Å². The number of rotatable bonds is 12. The van der Waals surface area contributed by atoms with Gasteiger partial charge in [-0.25, -0.2) is 10.8 Å². The van der Waals surface area contributed by atoms with Crippen LogP contribution in [0.3, 0.4) is 0 Å². The fraction of sp³-hybridized carbons (Fsp3) is 0.615. The third-order valence-electron chi connectivity index (χ3n) is 2.46. The van der Waals surface area contributed by atoms with Crippen LogP contribution >= 0.6 is 0 Å². The molecular weight excluding hydrogens is 262 g/mol. The first kappa shape index (κ1) is 16.8. The quantitative estimate of drug-likeness (QED) is 0.329. The van der Waals surface area contributed by atoms with Crippen LogP contribution in [0.5, 0.6) is 0 Å². The molecular formula is C13H23N3O4. The minimum Gasteiger partial charge on any atom is -0.382 e. The fourth-order valence-electron chi connectivity index (χ4n) is 1.45. The number of aromatic nitrogens is 1. The van der Waals surface area contributed by atoms with Crippen LogP contribution in [0, 0.1) is 0 Å². The zero-order chi connectivity index (χ0) is 14.5. The molecule has 0 saturated carbocycles. The molecule has 0 fully saturated rings. The molecule has 3 N–H and O–H groups in total. The van der Waals surface area contributed by atoms with Gasteiger partial charge in [-0.3, -0.25) is 0 Å². The predicted molar refractivity (Wildman–Crippen MR) is 75.2 cm³/mol. The smallest absolute Gasteiger partial charge is 0.145 e. The molecule has 0 amide bonds. The summed E-state index contributed by atoms with van der Waals surface area (Å²) < 4.78 is 21.0. The van der Waals surface area contributed by atoms with Crippen LogP contribution in [0.1, 0.15) is 5.56 Å². The van der Waals surface area contributed by atoms with E-state index >= 15 is 0 Å². The van der Waals surface area contributed by atoms with Crippen molar-refractivity contribution < 1.29 is 18.9 Å². The van der Waals surface area contributed by atoms with Gasteiger partial charge in [0.2, 0.25) is 0 Å². The SMILES string of the molecule is COCCOCCOCCOCc1cccnc1NN. The van der Waals surface area contributed by atoms with Crippen LogP contribution in [0.4, 0.5) is 5.82 Å². The summed E-state index contributed by atoms with van der Waals surface area (Å²) in [5.74, 6) is 5.98. The molecule has 0 spiro atoms. The maximum Gasteiger partial charge on any atom is 0.145 e. The summed E-state index contributed by atoms with van der Waals surface area (Å²) in [4.78, 5) is 4.09. The van der Waals surface area contributed by atoms with Gasteiger partial charge in [-0.05, 0) is 6.07 Å². The molecule has 1 aromatic heterocycles. The largest absolute Gasteiger partial charge is 0.382 e. The van der Waals surface area contributed by atoms with Gasteiger partial charge in [0.1, 0.15) is 5.82 Å². The van der Waals surface area contributed by atoms with Crippen molar-refractivity contribution in [3.63, 3.8) is 0 Å². The second kappa shape index (κ2) is 11.6. The molecule has 7 nitrogen and oxygen atoms in total. The van der Waals surface area contributed by atoms with Crippen molar-refractivity contribution in [2.45, 2.75) is 6.61 Å². The second-order valence-electron chi connectivity index (χ2n) is 3.93. The van der Waals surface area contributed by atoms with Crippen LogP contribution in [0.25, 0.3) is 0 Å². The van der Waals surface area contributed by atoms with E-state index in [9.17, 15) is 0 Å². The summed E-state index contributed by atoms with van der Waals surface area (Å²) in [6, 6.07) is 3.75. The van der Waals surface area contributed by atoms with E-state index in [4.69, 9.17) is 24.8 Å². The van der Waals surface area contributed by atoms with Gasteiger partial charge < -0.3 is 24.4 Å². The first-order valence-electron chi connectivity index (χ1n) is 6.51. The maximum atomic E-state index is 5.49. The highest BCUT2D eigenvalue weighted by atomic mass is 16.6. The number of hydrogen-bond donors (Lipinski definition) is 2. The van der Waals surface area contributed by atoms with E-state index in [-0.39, 0.29) is 0 Å². The molecule has 0 unspecified atom stereocenters. The summed E-state index contributed by atoms with van der Waals surface area (Å²) in [5.41, 5.74) is 3.45. The first-order valence-corrected chi connectivity index (χ1v) is 6.51. The highest BCUT2D eigenvalue weighted by Gasteiger charge is 2.01. The molecule has 0 aliphatic rings. The molecule has 1 rings (SSSR count). The van der Waals surface area contributed by atoms with Gasteiger partial charge in [0, 0.05) is 18.9 Å². The average molecular weight is 285 g/mol. The Labute approximate surface area is 119 Å². The number of hydrogen-bond acceptors (Lipinski definition) is 7. The number of nitrogens with zero attached hydrogens (tertiary/aromatic N) is 1. The van der Waals surface area contributed by atoms with Crippen LogP contribution in [-0.4, -0.2) is 51.7 Å². The molecule has 0 aromatic carbocycles. The van der Waals surface area contributed by atoms with E-state index < -0.39 is 0 Å². The molecule has 0 aliphatic heterocycles. The van der Waals surface area contributed by atoms with Crippen molar-refractivity contribution in [1.82, 2.24) is 4.98 Å². The van der Waals surface area contributed by atoms with Gasteiger partial charge in [-0.2, -0.15) is 0 Å². The van der Waals surface area contributed by atoms with E-state index in [0.29, 0.717) is 52.1 Å². The van der Waals surface area contributed by atoms with Crippen LogP contribution in [0.15, 0.2) is 18.3 Å². The summed E-state index contributed by atoms with van der Waals surface area (Å²) in [6.07, 6.45) is 1.67. The number of nitrogen functional groups attached to an aromatic ring is 1. The Hall–Kier alpha value is -1.25. The molecule has 114 valence electrons. The fourth-order valence-corrected chi connectivity index (χ4v) is 1.45. The maximum absolute atomic E-state index is 5.49. The molecule has 0 bridgehead atoms. The van der Waals surface area contributed by atoms with Crippen LogP contribution in [-0.2, 0) is 25.6 Å². The lowest BCUT2D eigenvalue weighted by atomic mass is 10.3. The molecule has 1 heterocycles. The Balaban J connectivity index is 1.97. The van der Waals surface area contributed by atoms with E-state index in [2.05, 4.69) is 10.4 Å². The zero-order valence-electron chi connectivity index (χ0n) is 11.8. The molecule has 0 aliphatic carbocycles. The average Bonchev–Trinajstić information content (AvgIpc) is 2.49. The van der Waals surface area contributed by atoms with Gasteiger partial charge in [-0.1, -0.05) is 6.07 Å². The number of methoxy groups -OCH3 is 1. The van der Waals surface area contributed by atoms with E-state index in [1.165, 1.54) is 0 Å². The number of hydrazine groups is 1. The summed E-state index contributed by atoms with van der Waals surface area (Å²) >= 11 is 0. The van der Waals surface area contributed by atoms with Crippen LogP contribution < -0.4 is 11.3 Å². The monoisotopic (exact) mass is 285 g/mol. The minimum absolute atomic E-state index is 0.446. The van der Waals surface area contributed by atoms with Crippen LogP contribution in [0.2, 0.25) is 0 Å². The van der Waals surface area contributed by atoms with Crippen molar-refractivity contribution in [2.75, 3.05) is 52.2 Å². The number of pyridine rings is 1.